The third-order valence-corrected chi connectivity index (χ3v) is 4.12. The van der Waals surface area contributed by atoms with Gasteiger partial charge in [-0.05, 0) is 24.6 Å². The van der Waals surface area contributed by atoms with Crippen LogP contribution in [0.5, 0.6) is 0 Å². The molecule has 2 aromatic rings. The number of esters is 1. The summed E-state index contributed by atoms with van der Waals surface area (Å²) in [5.41, 5.74) is 0. The first-order valence-corrected chi connectivity index (χ1v) is 6.56. The summed E-state index contributed by atoms with van der Waals surface area (Å²) in [5.74, 6) is -0.291. The molecule has 1 atom stereocenters. The lowest BCUT2D eigenvalue weighted by molar-refractivity contribution is -0.144. The molecule has 4 heteroatoms. The molecule has 0 spiro atoms. The summed E-state index contributed by atoms with van der Waals surface area (Å²) in [6, 6.07) is 7.92. The van der Waals surface area contributed by atoms with Gasteiger partial charge in [-0.1, -0.05) is 24.6 Å². The Bertz CT molecular complexity index is 547. The van der Waals surface area contributed by atoms with Crippen LogP contribution in [0.3, 0.4) is 0 Å². The number of halogens is 1. The van der Waals surface area contributed by atoms with E-state index in [4.69, 9.17) is 16.3 Å². The van der Waals surface area contributed by atoms with Crippen LogP contribution in [0.2, 0.25) is 5.02 Å². The van der Waals surface area contributed by atoms with Gasteiger partial charge >= 0.3 is 5.97 Å². The molecule has 1 heterocycles. The molecule has 0 aliphatic carbocycles. The third-order valence-electron chi connectivity index (χ3n) is 2.67. The number of carbonyl (C=O) groups excluding carboxylic acids is 1. The Hall–Kier alpha value is -1.06. The first-order valence-electron chi connectivity index (χ1n) is 5.36. The predicted molar refractivity (Wildman–Crippen MR) is 71.7 cm³/mol. The number of benzene rings is 1. The molecule has 0 N–H and O–H groups in total. The second-order valence-electron chi connectivity index (χ2n) is 3.99. The number of rotatable bonds is 3. The van der Waals surface area contributed by atoms with Crippen molar-refractivity contribution in [1.82, 2.24) is 0 Å². The molecule has 2 nitrogen and oxygen atoms in total. The van der Waals surface area contributed by atoms with Crippen molar-refractivity contribution in [3.05, 3.63) is 34.2 Å². The highest BCUT2D eigenvalue weighted by Gasteiger charge is 2.15. The SMILES string of the molecule is COC(=O)C(C)Cc1cc2c(Cl)cccc2s1. The van der Waals surface area contributed by atoms with Crippen LogP contribution in [0.1, 0.15) is 11.8 Å². The summed E-state index contributed by atoms with van der Waals surface area (Å²) >= 11 is 7.79. The van der Waals surface area contributed by atoms with E-state index >= 15 is 0 Å². The van der Waals surface area contributed by atoms with E-state index in [0.717, 1.165) is 20.0 Å². The number of ether oxygens (including phenoxy) is 1. The quantitative estimate of drug-likeness (QED) is 0.789. The van der Waals surface area contributed by atoms with Gasteiger partial charge in [0.1, 0.15) is 0 Å². The molecule has 0 saturated heterocycles. The highest BCUT2D eigenvalue weighted by molar-refractivity contribution is 7.19. The molecule has 1 unspecified atom stereocenters. The molecule has 0 amide bonds. The summed E-state index contributed by atoms with van der Waals surface area (Å²) in [7, 11) is 1.42. The summed E-state index contributed by atoms with van der Waals surface area (Å²) in [6.07, 6.45) is 0.697. The zero-order valence-corrected chi connectivity index (χ0v) is 11.3. The van der Waals surface area contributed by atoms with Crippen LogP contribution in [-0.2, 0) is 16.0 Å². The van der Waals surface area contributed by atoms with Crippen molar-refractivity contribution in [2.24, 2.45) is 5.92 Å². The molecule has 1 aromatic heterocycles. The fourth-order valence-electron chi connectivity index (χ4n) is 1.76. The molecule has 0 radical (unpaired) electrons. The van der Waals surface area contributed by atoms with Gasteiger partial charge < -0.3 is 4.74 Å². The Morgan fingerprint density at radius 2 is 2.29 bits per heavy atom. The lowest BCUT2D eigenvalue weighted by atomic mass is 10.1. The topological polar surface area (TPSA) is 26.3 Å². The summed E-state index contributed by atoms with van der Waals surface area (Å²) in [5, 5.41) is 1.82. The smallest absolute Gasteiger partial charge is 0.308 e. The zero-order chi connectivity index (χ0) is 12.4. The molecule has 1 aromatic carbocycles. The van der Waals surface area contributed by atoms with Crippen LogP contribution in [0.4, 0.5) is 0 Å². The molecule has 0 aliphatic heterocycles. The standard InChI is InChI=1S/C13H13ClO2S/c1-8(13(15)16-2)6-9-7-10-11(14)4-3-5-12(10)17-9/h3-5,7-8H,6H2,1-2H3. The van der Waals surface area contributed by atoms with Gasteiger partial charge in [-0.15, -0.1) is 11.3 Å². The second-order valence-corrected chi connectivity index (χ2v) is 5.57. The Labute approximate surface area is 109 Å². The monoisotopic (exact) mass is 268 g/mol. The molecule has 0 fully saturated rings. The molecule has 2 rings (SSSR count). The van der Waals surface area contributed by atoms with Crippen LogP contribution in [0, 0.1) is 5.92 Å². The summed E-state index contributed by atoms with van der Waals surface area (Å²) in [4.78, 5) is 12.5. The third kappa shape index (κ3) is 2.61. The highest BCUT2D eigenvalue weighted by Crippen LogP contribution is 2.32. The van der Waals surface area contributed by atoms with Crippen molar-refractivity contribution in [2.75, 3.05) is 7.11 Å². The van der Waals surface area contributed by atoms with E-state index < -0.39 is 0 Å². The Morgan fingerprint density at radius 1 is 1.53 bits per heavy atom. The molecule has 90 valence electrons. The molecule has 0 bridgehead atoms. The molecular formula is C13H13ClO2S. The predicted octanol–water partition coefficient (Wildman–Crippen LogP) is 3.91. The second kappa shape index (κ2) is 5.07. The van der Waals surface area contributed by atoms with Gasteiger partial charge in [0.15, 0.2) is 0 Å². The van der Waals surface area contributed by atoms with E-state index in [1.807, 2.05) is 25.1 Å². The minimum absolute atomic E-state index is 0.119. The van der Waals surface area contributed by atoms with Crippen LogP contribution in [-0.4, -0.2) is 13.1 Å². The number of hydrogen-bond donors (Lipinski definition) is 0. The van der Waals surface area contributed by atoms with Gasteiger partial charge in [0.2, 0.25) is 0 Å². The van der Waals surface area contributed by atoms with Gasteiger partial charge in [0.25, 0.3) is 0 Å². The molecule has 0 aliphatic rings. The number of carbonyl (C=O) groups is 1. The lowest BCUT2D eigenvalue weighted by Crippen LogP contribution is -2.14. The molecule has 0 saturated carbocycles. The fourth-order valence-corrected chi connectivity index (χ4v) is 3.27. The van der Waals surface area contributed by atoms with E-state index in [2.05, 4.69) is 6.07 Å². The van der Waals surface area contributed by atoms with Crippen LogP contribution in [0.15, 0.2) is 24.3 Å². The molecular weight excluding hydrogens is 256 g/mol. The maximum absolute atomic E-state index is 11.4. The number of methoxy groups -OCH3 is 1. The van der Waals surface area contributed by atoms with Crippen molar-refractivity contribution >= 4 is 39.0 Å². The van der Waals surface area contributed by atoms with E-state index in [-0.39, 0.29) is 11.9 Å². The van der Waals surface area contributed by atoms with Gasteiger partial charge in [0, 0.05) is 20.0 Å². The van der Waals surface area contributed by atoms with E-state index in [1.54, 1.807) is 11.3 Å². The van der Waals surface area contributed by atoms with Crippen molar-refractivity contribution < 1.29 is 9.53 Å². The number of thiophene rings is 1. The first kappa shape index (κ1) is 12.4. The van der Waals surface area contributed by atoms with Gasteiger partial charge in [0.05, 0.1) is 13.0 Å². The minimum atomic E-state index is -0.173. The van der Waals surface area contributed by atoms with Crippen molar-refractivity contribution in [2.45, 2.75) is 13.3 Å². The van der Waals surface area contributed by atoms with Crippen molar-refractivity contribution in [3.63, 3.8) is 0 Å². The maximum Gasteiger partial charge on any atom is 0.308 e. The van der Waals surface area contributed by atoms with Crippen LogP contribution in [0.25, 0.3) is 10.1 Å². The van der Waals surface area contributed by atoms with Crippen LogP contribution < -0.4 is 0 Å². The maximum atomic E-state index is 11.4. The van der Waals surface area contributed by atoms with E-state index in [9.17, 15) is 4.79 Å². The lowest BCUT2D eigenvalue weighted by Gasteiger charge is -2.06. The Kier molecular flexibility index (Phi) is 3.69. The fraction of sp³-hybridized carbons (Fsp3) is 0.308. The van der Waals surface area contributed by atoms with E-state index in [1.165, 1.54) is 7.11 Å². The first-order chi connectivity index (χ1) is 8.11. The average Bonchev–Trinajstić information content (AvgIpc) is 2.72. The van der Waals surface area contributed by atoms with Gasteiger partial charge in [-0.25, -0.2) is 0 Å². The summed E-state index contributed by atoms with van der Waals surface area (Å²) in [6.45, 7) is 1.87. The number of hydrogen-bond acceptors (Lipinski definition) is 3. The Balaban J connectivity index is 2.26. The number of fused-ring (bicyclic) bond motifs is 1. The zero-order valence-electron chi connectivity index (χ0n) is 9.70. The summed E-state index contributed by atoms with van der Waals surface area (Å²) < 4.78 is 5.88. The van der Waals surface area contributed by atoms with Gasteiger partial charge in [-0.3, -0.25) is 4.79 Å². The van der Waals surface area contributed by atoms with Crippen molar-refractivity contribution in [1.29, 1.82) is 0 Å². The average molecular weight is 269 g/mol. The van der Waals surface area contributed by atoms with Crippen LogP contribution >= 0.6 is 22.9 Å². The highest BCUT2D eigenvalue weighted by atomic mass is 35.5. The Morgan fingerprint density at radius 3 is 2.94 bits per heavy atom. The van der Waals surface area contributed by atoms with Gasteiger partial charge in [-0.2, -0.15) is 0 Å². The molecule has 17 heavy (non-hydrogen) atoms. The van der Waals surface area contributed by atoms with Crippen molar-refractivity contribution in [3.8, 4) is 0 Å². The largest absolute Gasteiger partial charge is 0.469 e. The minimum Gasteiger partial charge on any atom is -0.469 e. The normalized spacial score (nSPS) is 12.6. The van der Waals surface area contributed by atoms with E-state index in [0.29, 0.717) is 6.42 Å².